The molecule has 2 aliphatic rings. The molecule has 0 spiro atoms. The van der Waals surface area contributed by atoms with Gasteiger partial charge in [0.2, 0.25) is 0 Å². The van der Waals surface area contributed by atoms with Crippen LogP contribution in [0.2, 0.25) is 0 Å². The van der Waals surface area contributed by atoms with Crippen molar-refractivity contribution in [2.75, 3.05) is 0 Å². The first kappa shape index (κ1) is 26.6. The van der Waals surface area contributed by atoms with Crippen molar-refractivity contribution in [2.45, 2.75) is 72.5 Å². The van der Waals surface area contributed by atoms with E-state index in [4.69, 9.17) is 4.98 Å². The van der Waals surface area contributed by atoms with Crippen molar-refractivity contribution in [3.05, 3.63) is 80.8 Å². The molecule has 0 bridgehead atoms. The van der Waals surface area contributed by atoms with Crippen LogP contribution < -0.4 is 11.2 Å². The van der Waals surface area contributed by atoms with Gasteiger partial charge in [-0.1, -0.05) is 63.2 Å². The minimum absolute atomic E-state index is 0.0678. The predicted molar refractivity (Wildman–Crippen MR) is 161 cm³/mol. The van der Waals surface area contributed by atoms with Crippen molar-refractivity contribution in [3.63, 3.8) is 0 Å². The second-order valence-corrected chi connectivity index (χ2v) is 13.2. The van der Waals surface area contributed by atoms with Gasteiger partial charge in [-0.2, -0.15) is 0 Å². The molecular weight excluding hydrogens is 528 g/mol. The summed E-state index contributed by atoms with van der Waals surface area (Å²) >= 11 is 0. The summed E-state index contributed by atoms with van der Waals surface area (Å²) in [7, 11) is 0. The van der Waals surface area contributed by atoms with Crippen molar-refractivity contribution >= 4 is 11.2 Å². The molecule has 2 aliphatic carbocycles. The fourth-order valence-corrected chi connectivity index (χ4v) is 5.77. The molecule has 5 aromatic rings. The van der Waals surface area contributed by atoms with Crippen LogP contribution in [0.25, 0.3) is 33.7 Å². The van der Waals surface area contributed by atoms with Gasteiger partial charge < -0.3 is 4.57 Å². The van der Waals surface area contributed by atoms with Crippen LogP contribution in [0.15, 0.2) is 58.1 Å². The van der Waals surface area contributed by atoms with E-state index < -0.39 is 0 Å². The normalized spacial score (nSPS) is 15.5. The third-order valence-electron chi connectivity index (χ3n) is 8.27. The molecule has 0 saturated heterocycles. The molecule has 1 N–H and O–H groups in total. The molecule has 216 valence electrons. The molecule has 10 nitrogen and oxygen atoms in total. The highest BCUT2D eigenvalue weighted by Gasteiger charge is 2.30. The average molecular weight is 565 g/mol. The molecular formula is C32H36N8O2. The van der Waals surface area contributed by atoms with Crippen LogP contribution in [0.4, 0.5) is 0 Å². The molecule has 10 heteroatoms. The molecule has 0 radical (unpaired) electrons. The monoisotopic (exact) mass is 564 g/mol. The second-order valence-electron chi connectivity index (χ2n) is 13.2. The Bertz CT molecular complexity index is 1870. The van der Waals surface area contributed by atoms with Gasteiger partial charge in [0.15, 0.2) is 17.0 Å². The first-order valence-corrected chi connectivity index (χ1v) is 14.9. The molecule has 3 heterocycles. The quantitative estimate of drug-likeness (QED) is 0.278. The Morgan fingerprint density at radius 1 is 0.881 bits per heavy atom. The SMILES string of the molecule is CC(C)(C)Cc1nc2c(c(=O)n(CC3CC3)c(=O)n2CC2CC2)n1Cc1ccc(-c2ccccc2)c(-c2nnn[nH]2)c1. The Hall–Kier alpha value is -4.34. The van der Waals surface area contributed by atoms with Crippen molar-refractivity contribution in [1.29, 1.82) is 0 Å². The molecule has 0 atom stereocenters. The molecule has 2 saturated carbocycles. The summed E-state index contributed by atoms with van der Waals surface area (Å²) in [6.07, 6.45) is 5.01. The fraction of sp³-hybridized carbons (Fsp3) is 0.438. The number of aromatic nitrogens is 8. The molecule has 0 unspecified atom stereocenters. The van der Waals surface area contributed by atoms with E-state index in [0.29, 0.717) is 54.9 Å². The lowest BCUT2D eigenvalue weighted by molar-refractivity contribution is 0.394. The minimum Gasteiger partial charge on any atom is -0.318 e. The van der Waals surface area contributed by atoms with Crippen LogP contribution >= 0.6 is 0 Å². The van der Waals surface area contributed by atoms with E-state index >= 15 is 0 Å². The number of nitrogens with one attached hydrogen (secondary N) is 1. The van der Waals surface area contributed by atoms with Gasteiger partial charge in [-0.05, 0) is 76.1 Å². The molecule has 2 aromatic carbocycles. The zero-order valence-corrected chi connectivity index (χ0v) is 24.4. The van der Waals surface area contributed by atoms with Crippen molar-refractivity contribution < 1.29 is 0 Å². The maximum atomic E-state index is 14.1. The summed E-state index contributed by atoms with van der Waals surface area (Å²) in [6.45, 7) is 8.04. The number of rotatable bonds is 9. The Morgan fingerprint density at radius 2 is 1.60 bits per heavy atom. The van der Waals surface area contributed by atoms with Crippen LogP contribution in [0, 0.1) is 17.3 Å². The summed E-state index contributed by atoms with van der Waals surface area (Å²) in [5.41, 5.74) is 4.45. The van der Waals surface area contributed by atoms with E-state index in [9.17, 15) is 9.59 Å². The predicted octanol–water partition coefficient (Wildman–Crippen LogP) is 4.66. The summed E-state index contributed by atoms with van der Waals surface area (Å²) < 4.78 is 5.31. The Morgan fingerprint density at radius 3 is 2.24 bits per heavy atom. The van der Waals surface area contributed by atoms with Crippen LogP contribution in [0.1, 0.15) is 57.8 Å². The lowest BCUT2D eigenvalue weighted by Gasteiger charge is -2.19. The van der Waals surface area contributed by atoms with Crippen LogP contribution in [-0.2, 0) is 26.1 Å². The number of nitrogens with zero attached hydrogens (tertiary/aromatic N) is 7. The Kier molecular flexibility index (Phi) is 6.44. The van der Waals surface area contributed by atoms with Gasteiger partial charge in [-0.15, -0.1) is 5.10 Å². The van der Waals surface area contributed by atoms with E-state index in [-0.39, 0.29) is 16.7 Å². The Balaban J connectivity index is 1.41. The topological polar surface area (TPSA) is 116 Å². The first-order chi connectivity index (χ1) is 20.2. The maximum absolute atomic E-state index is 14.1. The highest BCUT2D eigenvalue weighted by Crippen LogP contribution is 2.34. The second kappa shape index (κ2) is 10.2. The number of tetrazole rings is 1. The molecule has 3 aromatic heterocycles. The van der Waals surface area contributed by atoms with Gasteiger partial charge in [0, 0.05) is 31.6 Å². The van der Waals surface area contributed by atoms with Gasteiger partial charge in [-0.25, -0.2) is 14.9 Å². The fourth-order valence-electron chi connectivity index (χ4n) is 5.77. The van der Waals surface area contributed by atoms with Crippen LogP contribution in [0.5, 0.6) is 0 Å². The van der Waals surface area contributed by atoms with E-state index in [1.165, 1.54) is 4.57 Å². The molecule has 0 amide bonds. The van der Waals surface area contributed by atoms with Crippen molar-refractivity contribution in [3.8, 4) is 22.5 Å². The van der Waals surface area contributed by atoms with E-state index in [2.05, 4.69) is 76.3 Å². The molecule has 42 heavy (non-hydrogen) atoms. The van der Waals surface area contributed by atoms with E-state index in [0.717, 1.165) is 53.8 Å². The number of fused-ring (bicyclic) bond motifs is 1. The summed E-state index contributed by atoms with van der Waals surface area (Å²) in [5.74, 6) is 2.26. The number of imidazole rings is 1. The lowest BCUT2D eigenvalue weighted by atomic mass is 9.92. The van der Waals surface area contributed by atoms with Gasteiger partial charge in [0.05, 0.1) is 0 Å². The molecule has 7 rings (SSSR count). The largest absolute Gasteiger partial charge is 0.332 e. The summed E-state index contributed by atoms with van der Waals surface area (Å²) in [4.78, 5) is 32.8. The molecule has 0 aliphatic heterocycles. The smallest absolute Gasteiger partial charge is 0.318 e. The van der Waals surface area contributed by atoms with Gasteiger partial charge in [-0.3, -0.25) is 13.9 Å². The zero-order chi connectivity index (χ0) is 29.0. The van der Waals surface area contributed by atoms with Crippen molar-refractivity contribution in [1.82, 2.24) is 39.3 Å². The summed E-state index contributed by atoms with van der Waals surface area (Å²) in [5, 5.41) is 14.8. The highest BCUT2D eigenvalue weighted by atomic mass is 16.2. The van der Waals surface area contributed by atoms with Crippen molar-refractivity contribution in [2.24, 2.45) is 17.3 Å². The van der Waals surface area contributed by atoms with Gasteiger partial charge >= 0.3 is 5.69 Å². The number of hydrogen-bond acceptors (Lipinski definition) is 6. The third-order valence-corrected chi connectivity index (χ3v) is 8.27. The third kappa shape index (κ3) is 5.21. The maximum Gasteiger partial charge on any atom is 0.332 e. The molecule has 2 fully saturated rings. The summed E-state index contributed by atoms with van der Waals surface area (Å²) in [6, 6.07) is 16.4. The van der Waals surface area contributed by atoms with E-state index in [1.54, 1.807) is 4.57 Å². The minimum atomic E-state index is -0.234. The van der Waals surface area contributed by atoms with Crippen LogP contribution in [-0.4, -0.2) is 39.3 Å². The standard InChI is InChI=1S/C32H36N8O2/c1-32(2,3)16-26-33-29-27(30(41)40(18-21-11-12-21)31(42)39(29)17-20-9-10-20)38(26)19-22-13-14-24(23-7-5-4-6-8-23)25(15-22)28-34-36-37-35-28/h4-8,13-15,20-21H,9-12,16-19H2,1-3H3,(H,34,35,36,37). The average Bonchev–Trinajstić information content (AvgIpc) is 3.88. The van der Waals surface area contributed by atoms with Crippen LogP contribution in [0.3, 0.4) is 0 Å². The number of benzene rings is 2. The first-order valence-electron chi connectivity index (χ1n) is 14.9. The Labute approximate surface area is 243 Å². The lowest BCUT2D eigenvalue weighted by Crippen LogP contribution is -2.41. The van der Waals surface area contributed by atoms with E-state index in [1.807, 2.05) is 18.2 Å². The van der Waals surface area contributed by atoms with Gasteiger partial charge in [0.25, 0.3) is 5.56 Å². The van der Waals surface area contributed by atoms with Gasteiger partial charge in [0.1, 0.15) is 5.82 Å². The number of hydrogen-bond donors (Lipinski definition) is 1. The highest BCUT2D eigenvalue weighted by molar-refractivity contribution is 5.81. The zero-order valence-electron chi connectivity index (χ0n) is 24.4. The number of H-pyrrole nitrogens is 1. The number of aromatic amines is 1.